The molecule has 1 aromatic heterocycles. The van der Waals surface area contributed by atoms with E-state index >= 15 is 0 Å². The van der Waals surface area contributed by atoms with Crippen molar-refractivity contribution in [2.45, 2.75) is 40.3 Å². The number of carbonyl (C=O) groups excluding carboxylic acids is 1. The van der Waals surface area contributed by atoms with Crippen LogP contribution in [0.4, 0.5) is 0 Å². The number of primary amides is 1. The Hall–Kier alpha value is -1.43. The smallest absolute Gasteiger partial charge is 0.235 e. The first-order valence-electron chi connectivity index (χ1n) is 5.12. The Morgan fingerprint density at radius 1 is 1.56 bits per heavy atom. The van der Waals surface area contributed by atoms with Crippen LogP contribution in [0.1, 0.15) is 32.5 Å². The van der Waals surface area contributed by atoms with Crippen LogP contribution in [0.3, 0.4) is 0 Å². The van der Waals surface area contributed by atoms with Crippen LogP contribution in [0.15, 0.2) is 4.52 Å². The van der Waals surface area contributed by atoms with Gasteiger partial charge in [-0.3, -0.25) is 10.1 Å². The van der Waals surface area contributed by atoms with Gasteiger partial charge in [0.15, 0.2) is 5.82 Å². The lowest BCUT2D eigenvalue weighted by molar-refractivity contribution is -0.122. The lowest BCUT2D eigenvalue weighted by Gasteiger charge is -2.28. The van der Waals surface area contributed by atoms with Gasteiger partial charge in [-0.1, -0.05) is 25.9 Å². The summed E-state index contributed by atoms with van der Waals surface area (Å²) in [5.74, 6) is 0.643. The van der Waals surface area contributed by atoms with Crippen molar-refractivity contribution in [3.63, 3.8) is 0 Å². The predicted molar refractivity (Wildman–Crippen MR) is 58.3 cm³/mol. The molecule has 1 atom stereocenters. The molecule has 0 aliphatic rings. The van der Waals surface area contributed by atoms with Crippen molar-refractivity contribution in [1.82, 2.24) is 15.5 Å². The van der Waals surface area contributed by atoms with Gasteiger partial charge in [0, 0.05) is 6.92 Å². The van der Waals surface area contributed by atoms with Crippen LogP contribution in [0, 0.1) is 12.3 Å². The zero-order chi connectivity index (χ0) is 12.3. The summed E-state index contributed by atoms with van der Waals surface area (Å²) >= 11 is 0. The molecule has 0 radical (unpaired) electrons. The second-order valence-electron chi connectivity index (χ2n) is 4.81. The Morgan fingerprint density at radius 3 is 2.56 bits per heavy atom. The van der Waals surface area contributed by atoms with Gasteiger partial charge in [0.25, 0.3) is 0 Å². The molecule has 0 spiro atoms. The van der Waals surface area contributed by atoms with Crippen molar-refractivity contribution < 1.29 is 9.32 Å². The molecule has 0 unspecified atom stereocenters. The van der Waals surface area contributed by atoms with Crippen LogP contribution >= 0.6 is 0 Å². The van der Waals surface area contributed by atoms with Gasteiger partial charge in [-0.2, -0.15) is 4.98 Å². The Balaban J connectivity index is 2.61. The van der Waals surface area contributed by atoms with Gasteiger partial charge >= 0.3 is 0 Å². The lowest BCUT2D eigenvalue weighted by atomic mass is 9.86. The van der Waals surface area contributed by atoms with E-state index in [1.807, 2.05) is 20.8 Å². The number of aromatic nitrogens is 2. The van der Waals surface area contributed by atoms with Gasteiger partial charge in [-0.25, -0.2) is 0 Å². The minimum atomic E-state index is -0.425. The fourth-order valence-corrected chi connectivity index (χ4v) is 1.44. The molecule has 16 heavy (non-hydrogen) atoms. The van der Waals surface area contributed by atoms with Gasteiger partial charge in [0.05, 0.1) is 12.6 Å². The van der Waals surface area contributed by atoms with Gasteiger partial charge in [0.2, 0.25) is 11.8 Å². The van der Waals surface area contributed by atoms with E-state index in [2.05, 4.69) is 15.5 Å². The maximum Gasteiger partial charge on any atom is 0.235 e. The van der Waals surface area contributed by atoms with E-state index < -0.39 is 6.04 Å². The molecule has 1 aromatic rings. The monoisotopic (exact) mass is 226 g/mol. The molecule has 1 heterocycles. The molecular weight excluding hydrogens is 208 g/mol. The molecule has 6 heteroatoms. The quantitative estimate of drug-likeness (QED) is 0.773. The number of hydrogen-bond donors (Lipinski definition) is 2. The minimum absolute atomic E-state index is 0.245. The highest BCUT2D eigenvalue weighted by molar-refractivity contribution is 5.80. The number of nitrogens with one attached hydrogen (secondary N) is 1. The Morgan fingerprint density at radius 2 is 2.19 bits per heavy atom. The second-order valence-corrected chi connectivity index (χ2v) is 4.81. The average Bonchev–Trinajstić information content (AvgIpc) is 2.48. The van der Waals surface area contributed by atoms with E-state index in [0.29, 0.717) is 18.3 Å². The highest BCUT2D eigenvalue weighted by Gasteiger charge is 2.29. The maximum atomic E-state index is 11.3. The van der Waals surface area contributed by atoms with Crippen molar-refractivity contribution >= 4 is 5.91 Å². The Kier molecular flexibility index (Phi) is 3.64. The maximum absolute atomic E-state index is 11.3. The largest absolute Gasteiger partial charge is 0.368 e. The highest BCUT2D eigenvalue weighted by atomic mass is 16.5. The SMILES string of the molecule is Cc1nc(CN[C@H](C(N)=O)C(C)(C)C)no1. The average molecular weight is 226 g/mol. The third-order valence-corrected chi connectivity index (χ3v) is 2.18. The normalized spacial score (nSPS) is 13.8. The zero-order valence-corrected chi connectivity index (χ0v) is 10.1. The summed E-state index contributed by atoms with van der Waals surface area (Å²) < 4.78 is 4.83. The Bertz CT molecular complexity index is 367. The fraction of sp³-hybridized carbons (Fsp3) is 0.700. The third-order valence-electron chi connectivity index (χ3n) is 2.18. The molecule has 0 fully saturated rings. The third kappa shape index (κ3) is 3.30. The van der Waals surface area contributed by atoms with Crippen LogP contribution in [0.25, 0.3) is 0 Å². The molecule has 6 nitrogen and oxygen atoms in total. The van der Waals surface area contributed by atoms with Crippen molar-refractivity contribution in [3.05, 3.63) is 11.7 Å². The number of nitrogens with zero attached hydrogens (tertiary/aromatic N) is 2. The van der Waals surface area contributed by atoms with Crippen LogP contribution in [0.2, 0.25) is 0 Å². The molecule has 0 aliphatic carbocycles. The molecule has 0 aliphatic heterocycles. The van der Waals surface area contributed by atoms with Crippen LogP contribution in [-0.4, -0.2) is 22.1 Å². The van der Waals surface area contributed by atoms with Crippen LogP contribution in [-0.2, 0) is 11.3 Å². The fourth-order valence-electron chi connectivity index (χ4n) is 1.44. The first-order valence-corrected chi connectivity index (χ1v) is 5.12. The molecule has 0 saturated carbocycles. The summed E-state index contributed by atoms with van der Waals surface area (Å²) in [7, 11) is 0. The van der Waals surface area contributed by atoms with Crippen LogP contribution < -0.4 is 11.1 Å². The number of hydrogen-bond acceptors (Lipinski definition) is 5. The number of rotatable bonds is 4. The molecule has 90 valence electrons. The van der Waals surface area contributed by atoms with E-state index in [1.165, 1.54) is 0 Å². The number of nitrogens with two attached hydrogens (primary N) is 1. The summed E-state index contributed by atoms with van der Waals surface area (Å²) in [5, 5.41) is 6.76. The zero-order valence-electron chi connectivity index (χ0n) is 10.1. The summed E-state index contributed by atoms with van der Waals surface area (Å²) in [6.45, 7) is 7.90. The molecule has 0 bridgehead atoms. The van der Waals surface area contributed by atoms with Gasteiger partial charge in [-0.15, -0.1) is 0 Å². The van der Waals surface area contributed by atoms with Gasteiger partial charge in [0.1, 0.15) is 0 Å². The minimum Gasteiger partial charge on any atom is -0.368 e. The van der Waals surface area contributed by atoms with E-state index in [9.17, 15) is 4.79 Å². The first kappa shape index (κ1) is 12.6. The van der Waals surface area contributed by atoms with E-state index in [1.54, 1.807) is 6.92 Å². The highest BCUT2D eigenvalue weighted by Crippen LogP contribution is 2.19. The standard InChI is InChI=1S/C10H18N4O2/c1-6-13-7(14-16-6)5-12-8(9(11)15)10(2,3)4/h8,12H,5H2,1-4H3,(H2,11,15)/t8-/m1/s1. The van der Waals surface area contributed by atoms with E-state index in [0.717, 1.165) is 0 Å². The Labute approximate surface area is 94.6 Å². The lowest BCUT2D eigenvalue weighted by Crippen LogP contribution is -2.49. The molecule has 0 saturated heterocycles. The molecule has 0 aromatic carbocycles. The number of aryl methyl sites for hydroxylation is 1. The van der Waals surface area contributed by atoms with Crippen molar-refractivity contribution in [3.8, 4) is 0 Å². The first-order chi connectivity index (χ1) is 7.30. The summed E-state index contributed by atoms with van der Waals surface area (Å²) in [6.07, 6.45) is 0. The summed E-state index contributed by atoms with van der Waals surface area (Å²) in [5.41, 5.74) is 5.08. The summed E-state index contributed by atoms with van der Waals surface area (Å²) in [4.78, 5) is 15.3. The van der Waals surface area contributed by atoms with Crippen molar-refractivity contribution in [1.29, 1.82) is 0 Å². The molecule has 1 amide bonds. The molecule has 3 N–H and O–H groups in total. The predicted octanol–water partition coefficient (Wildman–Crippen LogP) is 0.368. The molecule has 1 rings (SSSR count). The van der Waals surface area contributed by atoms with E-state index in [-0.39, 0.29) is 11.3 Å². The number of carbonyl (C=O) groups is 1. The summed E-state index contributed by atoms with van der Waals surface area (Å²) in [6, 6.07) is -0.425. The van der Waals surface area contributed by atoms with Crippen molar-refractivity contribution in [2.75, 3.05) is 0 Å². The topological polar surface area (TPSA) is 94.0 Å². The van der Waals surface area contributed by atoms with Crippen molar-refractivity contribution in [2.24, 2.45) is 11.1 Å². The van der Waals surface area contributed by atoms with Crippen LogP contribution in [0.5, 0.6) is 0 Å². The van der Waals surface area contributed by atoms with Gasteiger partial charge in [-0.05, 0) is 5.41 Å². The number of amides is 1. The second kappa shape index (κ2) is 4.61. The molecular formula is C10H18N4O2. The van der Waals surface area contributed by atoms with E-state index in [4.69, 9.17) is 10.3 Å². The van der Waals surface area contributed by atoms with Gasteiger partial charge < -0.3 is 10.3 Å².